The molecule has 0 amide bonds. The minimum Gasteiger partial charge on any atom is -0.354 e. The largest absolute Gasteiger partial charge is 0.354 e. The minimum atomic E-state index is -0.755. The van der Waals surface area contributed by atoms with Gasteiger partial charge in [0.1, 0.15) is 0 Å². The summed E-state index contributed by atoms with van der Waals surface area (Å²) < 4.78 is 4.81. The lowest BCUT2D eigenvalue weighted by Gasteiger charge is -2.08. The Hall–Kier alpha value is -0.410. The smallest absolute Gasteiger partial charge is 0.163 e. The van der Waals surface area contributed by atoms with Gasteiger partial charge < -0.3 is 4.74 Å². The second-order valence-corrected chi connectivity index (χ2v) is 1.79. The van der Waals surface area contributed by atoms with Gasteiger partial charge in [-0.05, 0) is 13.8 Å². The number of aldehydes is 1. The normalized spacial score (nSPS) is 14.0. The lowest BCUT2D eigenvalue weighted by Crippen LogP contribution is -2.28. The summed E-state index contributed by atoms with van der Waals surface area (Å²) in [4.78, 5) is 9.79. The van der Waals surface area contributed by atoms with Crippen LogP contribution in [0.25, 0.3) is 0 Å². The summed E-state index contributed by atoms with van der Waals surface area (Å²) in [6.45, 7) is 3.65. The van der Waals surface area contributed by atoms with Crippen molar-refractivity contribution in [2.24, 2.45) is 5.73 Å². The van der Waals surface area contributed by atoms with Gasteiger partial charge in [-0.1, -0.05) is 0 Å². The molecule has 0 aliphatic rings. The molecular weight excluding hydrogens is 106 g/mol. The molecule has 3 nitrogen and oxygen atoms in total. The SMILES string of the molecule is CC(C)OC(N)C=O. The van der Waals surface area contributed by atoms with E-state index in [0.29, 0.717) is 6.29 Å². The highest BCUT2D eigenvalue weighted by Gasteiger charge is 2.00. The van der Waals surface area contributed by atoms with Gasteiger partial charge in [-0.2, -0.15) is 0 Å². The first-order valence-corrected chi connectivity index (χ1v) is 2.53. The Morgan fingerprint density at radius 1 is 1.62 bits per heavy atom. The van der Waals surface area contributed by atoms with Crippen molar-refractivity contribution < 1.29 is 9.53 Å². The van der Waals surface area contributed by atoms with Crippen LogP contribution in [-0.2, 0) is 9.53 Å². The van der Waals surface area contributed by atoms with Crippen molar-refractivity contribution in [3.05, 3.63) is 0 Å². The van der Waals surface area contributed by atoms with E-state index < -0.39 is 6.23 Å². The Balaban J connectivity index is 3.23. The zero-order valence-electron chi connectivity index (χ0n) is 5.13. The van der Waals surface area contributed by atoms with Crippen molar-refractivity contribution in [3.63, 3.8) is 0 Å². The van der Waals surface area contributed by atoms with Crippen LogP contribution < -0.4 is 5.73 Å². The van der Waals surface area contributed by atoms with Crippen molar-refractivity contribution in [2.75, 3.05) is 0 Å². The molecule has 0 aromatic heterocycles. The van der Waals surface area contributed by atoms with Gasteiger partial charge in [-0.15, -0.1) is 0 Å². The van der Waals surface area contributed by atoms with Gasteiger partial charge in [0.25, 0.3) is 0 Å². The van der Waals surface area contributed by atoms with Gasteiger partial charge in [0, 0.05) is 0 Å². The van der Waals surface area contributed by atoms with Crippen molar-refractivity contribution in [1.82, 2.24) is 0 Å². The number of carbonyl (C=O) groups is 1. The summed E-state index contributed by atoms with van der Waals surface area (Å²) in [5, 5.41) is 0. The molecule has 8 heavy (non-hydrogen) atoms. The lowest BCUT2D eigenvalue weighted by atomic mass is 10.5. The average molecular weight is 117 g/mol. The summed E-state index contributed by atoms with van der Waals surface area (Å²) >= 11 is 0. The Kier molecular flexibility index (Phi) is 3.39. The van der Waals surface area contributed by atoms with Crippen LogP contribution in [0.4, 0.5) is 0 Å². The van der Waals surface area contributed by atoms with E-state index in [1.54, 1.807) is 0 Å². The number of carbonyl (C=O) groups excluding carboxylic acids is 1. The van der Waals surface area contributed by atoms with Gasteiger partial charge in [0.05, 0.1) is 6.10 Å². The highest BCUT2D eigenvalue weighted by atomic mass is 16.5. The maximum absolute atomic E-state index is 9.79. The van der Waals surface area contributed by atoms with Gasteiger partial charge in [-0.3, -0.25) is 10.5 Å². The molecular formula is C5H11NO2. The van der Waals surface area contributed by atoms with Crippen molar-refractivity contribution in [2.45, 2.75) is 26.2 Å². The number of ether oxygens (including phenoxy) is 1. The first kappa shape index (κ1) is 7.59. The van der Waals surface area contributed by atoms with Gasteiger partial charge in [0.2, 0.25) is 0 Å². The van der Waals surface area contributed by atoms with E-state index in [-0.39, 0.29) is 6.10 Å². The third kappa shape index (κ3) is 3.77. The summed E-state index contributed by atoms with van der Waals surface area (Å²) in [6, 6.07) is 0. The zero-order valence-corrected chi connectivity index (χ0v) is 5.13. The van der Waals surface area contributed by atoms with Crippen LogP contribution in [0.15, 0.2) is 0 Å². The first-order chi connectivity index (χ1) is 3.66. The van der Waals surface area contributed by atoms with E-state index >= 15 is 0 Å². The van der Waals surface area contributed by atoms with Gasteiger partial charge in [-0.25, -0.2) is 0 Å². The molecule has 1 atom stereocenters. The standard InChI is InChI=1S/C5H11NO2/c1-4(2)8-5(6)3-7/h3-5H,6H2,1-2H3. The van der Waals surface area contributed by atoms with Crippen LogP contribution in [0, 0.1) is 0 Å². The monoisotopic (exact) mass is 117 g/mol. The summed E-state index contributed by atoms with van der Waals surface area (Å²) in [5.41, 5.74) is 5.08. The second kappa shape index (κ2) is 3.57. The van der Waals surface area contributed by atoms with Crippen molar-refractivity contribution in [3.8, 4) is 0 Å². The highest BCUT2D eigenvalue weighted by Crippen LogP contribution is 1.87. The van der Waals surface area contributed by atoms with Crippen LogP contribution in [-0.4, -0.2) is 18.6 Å². The molecule has 1 unspecified atom stereocenters. The van der Waals surface area contributed by atoms with Crippen LogP contribution in [0.2, 0.25) is 0 Å². The summed E-state index contributed by atoms with van der Waals surface area (Å²) in [6.07, 6.45) is -0.162. The van der Waals surface area contributed by atoms with Crippen LogP contribution in [0.5, 0.6) is 0 Å². The second-order valence-electron chi connectivity index (χ2n) is 1.79. The molecule has 0 radical (unpaired) electrons. The molecule has 0 saturated carbocycles. The fourth-order valence-corrected chi connectivity index (χ4v) is 0.346. The minimum absolute atomic E-state index is 0.0233. The van der Waals surface area contributed by atoms with E-state index in [4.69, 9.17) is 10.5 Å². The third-order valence-corrected chi connectivity index (χ3v) is 0.563. The molecule has 0 spiro atoms. The maximum atomic E-state index is 9.79. The number of hydrogen-bond donors (Lipinski definition) is 1. The molecule has 0 aromatic carbocycles. The molecule has 0 bridgehead atoms. The number of hydrogen-bond acceptors (Lipinski definition) is 3. The Morgan fingerprint density at radius 3 is 2.25 bits per heavy atom. The molecule has 0 aliphatic heterocycles. The van der Waals surface area contributed by atoms with Crippen LogP contribution in [0.3, 0.4) is 0 Å². The highest BCUT2D eigenvalue weighted by molar-refractivity contribution is 5.54. The molecule has 48 valence electrons. The lowest BCUT2D eigenvalue weighted by molar-refractivity contribution is -0.120. The Bertz CT molecular complexity index is 72.8. The topological polar surface area (TPSA) is 52.3 Å². The summed E-state index contributed by atoms with van der Waals surface area (Å²) in [7, 11) is 0. The van der Waals surface area contributed by atoms with E-state index in [9.17, 15) is 4.79 Å². The molecule has 0 aliphatic carbocycles. The van der Waals surface area contributed by atoms with Crippen molar-refractivity contribution >= 4 is 6.29 Å². The first-order valence-electron chi connectivity index (χ1n) is 2.53. The molecule has 0 saturated heterocycles. The summed E-state index contributed by atoms with van der Waals surface area (Å²) in [5.74, 6) is 0. The molecule has 0 rings (SSSR count). The van der Waals surface area contributed by atoms with Crippen LogP contribution in [0.1, 0.15) is 13.8 Å². The fourth-order valence-electron chi connectivity index (χ4n) is 0.346. The molecule has 0 heterocycles. The molecule has 0 aromatic rings. The predicted octanol–water partition coefficient (Wildman–Crippen LogP) is -0.105. The molecule has 0 fully saturated rings. The zero-order chi connectivity index (χ0) is 6.57. The maximum Gasteiger partial charge on any atom is 0.163 e. The van der Waals surface area contributed by atoms with E-state index in [2.05, 4.69) is 0 Å². The van der Waals surface area contributed by atoms with E-state index in [1.165, 1.54) is 0 Å². The Morgan fingerprint density at radius 2 is 2.12 bits per heavy atom. The number of nitrogens with two attached hydrogens (primary N) is 1. The van der Waals surface area contributed by atoms with Gasteiger partial charge in [0.15, 0.2) is 12.5 Å². The quantitative estimate of drug-likeness (QED) is 0.414. The molecule has 3 heteroatoms. The Labute approximate surface area is 48.8 Å². The van der Waals surface area contributed by atoms with E-state index in [1.807, 2.05) is 13.8 Å². The third-order valence-electron chi connectivity index (χ3n) is 0.563. The molecule has 2 N–H and O–H groups in total. The van der Waals surface area contributed by atoms with Crippen molar-refractivity contribution in [1.29, 1.82) is 0 Å². The van der Waals surface area contributed by atoms with E-state index in [0.717, 1.165) is 0 Å². The fraction of sp³-hybridized carbons (Fsp3) is 0.800. The average Bonchev–Trinajstić information content (AvgIpc) is 1.65. The van der Waals surface area contributed by atoms with Gasteiger partial charge >= 0.3 is 0 Å². The predicted molar refractivity (Wildman–Crippen MR) is 30.3 cm³/mol. The van der Waals surface area contributed by atoms with Crippen LogP contribution >= 0.6 is 0 Å². The number of rotatable bonds is 3.